The van der Waals surface area contributed by atoms with Crippen LogP contribution in [0.5, 0.6) is 5.75 Å². The number of rotatable bonds is 3. The van der Waals surface area contributed by atoms with Crippen LogP contribution in [0.1, 0.15) is 50.7 Å². The monoisotopic (exact) mass is 301 g/mol. The second-order valence-electron chi connectivity index (χ2n) is 6.87. The molecule has 2 aliphatic rings. The molecular weight excluding hydrogens is 274 g/mol. The molecule has 0 N–H and O–H groups in total. The number of piperidine rings is 1. The summed E-state index contributed by atoms with van der Waals surface area (Å²) >= 11 is 0. The minimum Gasteiger partial charge on any atom is -0.481 e. The Hall–Kier alpha value is -1.51. The molecule has 3 rings (SSSR count). The summed E-state index contributed by atoms with van der Waals surface area (Å²) in [5.41, 5.74) is 2.72. The highest BCUT2D eigenvalue weighted by atomic mass is 16.5. The van der Waals surface area contributed by atoms with Gasteiger partial charge in [0, 0.05) is 13.1 Å². The number of amides is 1. The number of benzene rings is 1. The summed E-state index contributed by atoms with van der Waals surface area (Å²) in [7, 11) is 0. The molecule has 1 amide bonds. The summed E-state index contributed by atoms with van der Waals surface area (Å²) in [6, 6.07) is 6.27. The molecule has 0 bridgehead atoms. The molecule has 1 aliphatic carbocycles. The van der Waals surface area contributed by atoms with Gasteiger partial charge in [-0.15, -0.1) is 0 Å². The second kappa shape index (κ2) is 6.72. The van der Waals surface area contributed by atoms with Crippen LogP contribution in [0.2, 0.25) is 0 Å². The fourth-order valence-corrected chi connectivity index (χ4v) is 3.58. The van der Waals surface area contributed by atoms with Gasteiger partial charge in [0.1, 0.15) is 5.75 Å². The van der Waals surface area contributed by atoms with Crippen molar-refractivity contribution in [3.8, 4) is 5.75 Å². The number of fused-ring (bicyclic) bond motifs is 1. The van der Waals surface area contributed by atoms with Gasteiger partial charge in [0.05, 0.1) is 0 Å². The van der Waals surface area contributed by atoms with Crippen molar-refractivity contribution in [2.75, 3.05) is 13.1 Å². The molecule has 1 atom stereocenters. The number of hydrogen-bond donors (Lipinski definition) is 0. The molecule has 0 spiro atoms. The first kappa shape index (κ1) is 15.4. The highest BCUT2D eigenvalue weighted by Crippen LogP contribution is 2.30. The zero-order chi connectivity index (χ0) is 15.5. The van der Waals surface area contributed by atoms with Crippen molar-refractivity contribution in [2.45, 2.75) is 58.5 Å². The first-order chi connectivity index (χ1) is 10.6. The summed E-state index contributed by atoms with van der Waals surface area (Å²) in [5.74, 6) is 1.80. The fraction of sp³-hybridized carbons (Fsp3) is 0.632. The molecular formula is C19H27NO2. The molecule has 1 heterocycles. The lowest BCUT2D eigenvalue weighted by atomic mass is 9.91. The molecule has 1 aromatic carbocycles. The second-order valence-corrected chi connectivity index (χ2v) is 6.87. The van der Waals surface area contributed by atoms with E-state index in [1.54, 1.807) is 0 Å². The molecule has 1 fully saturated rings. The molecule has 1 aliphatic heterocycles. The molecule has 0 aromatic heterocycles. The zero-order valence-corrected chi connectivity index (χ0v) is 13.8. The lowest BCUT2D eigenvalue weighted by Crippen LogP contribution is -2.44. The SMILES string of the molecule is CC1CCN(C(=O)C(C)Oc2cccc3c2CCCC3)CC1. The molecule has 0 saturated carbocycles. The number of hydrogen-bond acceptors (Lipinski definition) is 2. The van der Waals surface area contributed by atoms with Gasteiger partial charge in [0.25, 0.3) is 5.91 Å². The van der Waals surface area contributed by atoms with E-state index < -0.39 is 0 Å². The number of nitrogens with zero attached hydrogens (tertiary/aromatic N) is 1. The molecule has 3 nitrogen and oxygen atoms in total. The van der Waals surface area contributed by atoms with E-state index in [2.05, 4.69) is 19.1 Å². The maximum Gasteiger partial charge on any atom is 0.263 e. The molecule has 3 heteroatoms. The van der Waals surface area contributed by atoms with Crippen LogP contribution < -0.4 is 4.74 Å². The van der Waals surface area contributed by atoms with E-state index in [9.17, 15) is 4.79 Å². The van der Waals surface area contributed by atoms with Gasteiger partial charge in [0.15, 0.2) is 6.10 Å². The molecule has 120 valence electrons. The average Bonchev–Trinajstić information content (AvgIpc) is 2.55. The first-order valence-corrected chi connectivity index (χ1v) is 8.71. The van der Waals surface area contributed by atoms with E-state index in [1.807, 2.05) is 17.9 Å². The summed E-state index contributed by atoms with van der Waals surface area (Å²) in [6.45, 7) is 5.90. The van der Waals surface area contributed by atoms with Gasteiger partial charge in [-0.3, -0.25) is 4.79 Å². The highest BCUT2D eigenvalue weighted by Gasteiger charge is 2.26. The van der Waals surface area contributed by atoms with Gasteiger partial charge >= 0.3 is 0 Å². The molecule has 22 heavy (non-hydrogen) atoms. The van der Waals surface area contributed by atoms with Gasteiger partial charge in [-0.05, 0) is 68.6 Å². The summed E-state index contributed by atoms with van der Waals surface area (Å²) in [6.07, 6.45) is 6.53. The topological polar surface area (TPSA) is 29.5 Å². The van der Waals surface area contributed by atoms with Crippen LogP contribution in [0.4, 0.5) is 0 Å². The highest BCUT2D eigenvalue weighted by molar-refractivity contribution is 5.81. The van der Waals surface area contributed by atoms with E-state index in [1.165, 1.54) is 24.0 Å². The maximum absolute atomic E-state index is 12.6. The van der Waals surface area contributed by atoms with Crippen molar-refractivity contribution in [2.24, 2.45) is 5.92 Å². The van der Waals surface area contributed by atoms with Crippen LogP contribution in [-0.4, -0.2) is 30.0 Å². The number of ether oxygens (including phenoxy) is 1. The Morgan fingerprint density at radius 3 is 2.73 bits per heavy atom. The minimum absolute atomic E-state index is 0.139. The van der Waals surface area contributed by atoms with Crippen LogP contribution >= 0.6 is 0 Å². The van der Waals surface area contributed by atoms with E-state index in [4.69, 9.17) is 4.74 Å². The first-order valence-electron chi connectivity index (χ1n) is 8.71. The Balaban J connectivity index is 1.66. The van der Waals surface area contributed by atoms with E-state index in [-0.39, 0.29) is 12.0 Å². The number of carbonyl (C=O) groups is 1. The van der Waals surface area contributed by atoms with Gasteiger partial charge in [-0.2, -0.15) is 0 Å². The van der Waals surface area contributed by atoms with Crippen molar-refractivity contribution in [3.63, 3.8) is 0 Å². The Morgan fingerprint density at radius 2 is 1.95 bits per heavy atom. The van der Waals surface area contributed by atoms with Gasteiger partial charge in [-0.25, -0.2) is 0 Å². The van der Waals surface area contributed by atoms with Gasteiger partial charge in [-0.1, -0.05) is 19.1 Å². The lowest BCUT2D eigenvalue weighted by Gasteiger charge is -2.32. The molecule has 1 unspecified atom stereocenters. The number of likely N-dealkylation sites (tertiary alicyclic amines) is 1. The van der Waals surface area contributed by atoms with E-state index >= 15 is 0 Å². The quantitative estimate of drug-likeness (QED) is 0.854. The molecule has 1 saturated heterocycles. The molecule has 1 aromatic rings. The van der Waals surface area contributed by atoms with Crippen molar-refractivity contribution in [1.29, 1.82) is 0 Å². The van der Waals surface area contributed by atoms with Crippen molar-refractivity contribution in [1.82, 2.24) is 4.90 Å². The van der Waals surface area contributed by atoms with E-state index in [0.29, 0.717) is 0 Å². The molecule has 0 radical (unpaired) electrons. The van der Waals surface area contributed by atoms with E-state index in [0.717, 1.165) is 50.4 Å². The third kappa shape index (κ3) is 3.29. The zero-order valence-electron chi connectivity index (χ0n) is 13.8. The Morgan fingerprint density at radius 1 is 1.23 bits per heavy atom. The van der Waals surface area contributed by atoms with Crippen LogP contribution in [0.15, 0.2) is 18.2 Å². The predicted molar refractivity (Wildman–Crippen MR) is 88.2 cm³/mol. The van der Waals surface area contributed by atoms with Crippen LogP contribution in [0.25, 0.3) is 0 Å². The maximum atomic E-state index is 12.6. The lowest BCUT2D eigenvalue weighted by molar-refractivity contribution is -0.139. The minimum atomic E-state index is -0.387. The number of aryl methyl sites for hydroxylation is 1. The van der Waals surface area contributed by atoms with Crippen molar-refractivity contribution < 1.29 is 9.53 Å². The largest absolute Gasteiger partial charge is 0.481 e. The summed E-state index contributed by atoms with van der Waals surface area (Å²) < 4.78 is 6.06. The summed E-state index contributed by atoms with van der Waals surface area (Å²) in [4.78, 5) is 14.6. The third-order valence-corrected chi connectivity index (χ3v) is 5.10. The third-order valence-electron chi connectivity index (χ3n) is 5.10. The Bertz CT molecular complexity index is 532. The van der Waals surface area contributed by atoms with Crippen molar-refractivity contribution >= 4 is 5.91 Å². The van der Waals surface area contributed by atoms with Gasteiger partial charge < -0.3 is 9.64 Å². The predicted octanol–water partition coefficient (Wildman–Crippen LogP) is 3.59. The Kier molecular flexibility index (Phi) is 4.70. The average molecular weight is 301 g/mol. The fourth-order valence-electron chi connectivity index (χ4n) is 3.58. The van der Waals surface area contributed by atoms with Crippen molar-refractivity contribution in [3.05, 3.63) is 29.3 Å². The standard InChI is InChI=1S/C19H27NO2/c1-14-10-12-20(13-11-14)19(21)15(2)22-18-9-5-7-16-6-3-4-8-17(16)18/h5,7,9,14-15H,3-4,6,8,10-13H2,1-2H3. The number of carbonyl (C=O) groups excluding carboxylic acids is 1. The van der Waals surface area contributed by atoms with Crippen LogP contribution in [0.3, 0.4) is 0 Å². The van der Waals surface area contributed by atoms with Crippen LogP contribution in [0, 0.1) is 5.92 Å². The van der Waals surface area contributed by atoms with Gasteiger partial charge in [0.2, 0.25) is 0 Å². The Labute approximate surface area is 133 Å². The smallest absolute Gasteiger partial charge is 0.263 e. The normalized spacial score (nSPS) is 20.4. The summed E-state index contributed by atoms with van der Waals surface area (Å²) in [5, 5.41) is 0. The van der Waals surface area contributed by atoms with Crippen LogP contribution in [-0.2, 0) is 17.6 Å².